The number of hydrogen-bond donors (Lipinski definition) is 0. The van der Waals surface area contributed by atoms with Crippen LogP contribution in [-0.4, -0.2) is 15.9 Å². The van der Waals surface area contributed by atoms with Gasteiger partial charge in [0.25, 0.3) is 0 Å². The summed E-state index contributed by atoms with van der Waals surface area (Å²) in [4.78, 5) is 17.1. The van der Waals surface area contributed by atoms with E-state index < -0.39 is 5.97 Å². The third kappa shape index (κ3) is 10.0. The molecule has 0 saturated carbocycles. The van der Waals surface area contributed by atoms with Gasteiger partial charge in [0.15, 0.2) is 0 Å². The van der Waals surface area contributed by atoms with Crippen LogP contribution in [0.25, 0.3) is 0 Å². The fourth-order valence-electron chi connectivity index (χ4n) is 0.513. The number of nitrogens with zero attached hydrogens (tertiary/aromatic N) is 2. The van der Waals surface area contributed by atoms with Crippen LogP contribution >= 0.6 is 0 Å². The first-order valence-corrected chi connectivity index (χ1v) is 3.79. The average Bonchev–Trinajstić information content (AvgIpc) is 2.20. The van der Waals surface area contributed by atoms with E-state index in [9.17, 15) is 0 Å². The van der Waals surface area contributed by atoms with Crippen molar-refractivity contribution < 1.29 is 61.3 Å². The second kappa shape index (κ2) is 11.0. The molecule has 0 saturated heterocycles. The van der Waals surface area contributed by atoms with Gasteiger partial charge >= 0.3 is 51.4 Å². The Labute approximate surface area is 126 Å². The molecule has 0 bridgehead atoms. The molecule has 1 aromatic heterocycles. The molecule has 0 unspecified atom stereocenters. The first-order valence-electron chi connectivity index (χ1n) is 3.79. The van der Waals surface area contributed by atoms with Crippen molar-refractivity contribution in [2.75, 3.05) is 0 Å². The molecule has 0 aromatic carbocycles. The van der Waals surface area contributed by atoms with E-state index in [4.69, 9.17) is 9.90 Å². The Balaban J connectivity index is 0. The summed E-state index contributed by atoms with van der Waals surface area (Å²) in [6.45, 7) is 4.96. The molecule has 0 radical (unpaired) electrons. The van der Waals surface area contributed by atoms with Gasteiger partial charge in [-0.2, -0.15) is 0 Å². The SMILES string of the molecule is C=CC(=O)[O-].CCc1cnccn1.[K+]. The minimum Gasteiger partial charge on any atom is -0.545 e. The van der Waals surface area contributed by atoms with Gasteiger partial charge in [0, 0.05) is 18.6 Å². The molecular formula is C9H11KN2O2. The average molecular weight is 218 g/mol. The maximum absolute atomic E-state index is 9.14. The Kier molecular flexibility index (Phi) is 12.9. The normalized spacial score (nSPS) is 7.50. The second-order valence-corrected chi connectivity index (χ2v) is 2.07. The quantitative estimate of drug-likeness (QED) is 0.391. The maximum Gasteiger partial charge on any atom is 1.00 e. The van der Waals surface area contributed by atoms with Gasteiger partial charge in [0.05, 0.1) is 11.7 Å². The van der Waals surface area contributed by atoms with Crippen molar-refractivity contribution in [3.63, 3.8) is 0 Å². The molecule has 70 valence electrons. The molecule has 0 aliphatic rings. The van der Waals surface area contributed by atoms with Gasteiger partial charge in [-0.1, -0.05) is 13.5 Å². The van der Waals surface area contributed by atoms with Crippen molar-refractivity contribution in [2.45, 2.75) is 13.3 Å². The van der Waals surface area contributed by atoms with Crippen LogP contribution in [0.3, 0.4) is 0 Å². The molecule has 14 heavy (non-hydrogen) atoms. The monoisotopic (exact) mass is 218 g/mol. The summed E-state index contributed by atoms with van der Waals surface area (Å²) in [5, 5.41) is 9.14. The molecule has 0 fully saturated rings. The van der Waals surface area contributed by atoms with Crippen LogP contribution in [0.5, 0.6) is 0 Å². The van der Waals surface area contributed by atoms with Gasteiger partial charge < -0.3 is 9.90 Å². The number of aliphatic carboxylic acids is 1. The van der Waals surface area contributed by atoms with Gasteiger partial charge in [0.1, 0.15) is 0 Å². The van der Waals surface area contributed by atoms with E-state index in [1.54, 1.807) is 18.6 Å². The molecule has 0 amide bonds. The molecule has 0 atom stereocenters. The third-order valence-corrected chi connectivity index (χ3v) is 1.15. The molecule has 0 aliphatic carbocycles. The predicted octanol–water partition coefficient (Wildman–Crippen LogP) is -3.03. The minimum atomic E-state index is -1.23. The molecule has 0 spiro atoms. The van der Waals surface area contributed by atoms with Crippen LogP contribution < -0.4 is 56.5 Å². The molecule has 0 N–H and O–H groups in total. The third-order valence-electron chi connectivity index (χ3n) is 1.15. The van der Waals surface area contributed by atoms with Crippen molar-refractivity contribution in [1.29, 1.82) is 0 Å². The zero-order valence-corrected chi connectivity index (χ0v) is 11.6. The number of carbonyl (C=O) groups is 1. The second-order valence-electron chi connectivity index (χ2n) is 2.07. The Morgan fingerprint density at radius 2 is 2.21 bits per heavy atom. The Morgan fingerprint density at radius 1 is 1.64 bits per heavy atom. The summed E-state index contributed by atoms with van der Waals surface area (Å²) in [5.74, 6) is -1.23. The predicted molar refractivity (Wildman–Crippen MR) is 46.6 cm³/mol. The van der Waals surface area contributed by atoms with E-state index in [0.717, 1.165) is 18.2 Å². The largest absolute Gasteiger partial charge is 1.00 e. The maximum atomic E-state index is 9.14. The summed E-state index contributed by atoms with van der Waals surface area (Å²) in [6, 6.07) is 0. The van der Waals surface area contributed by atoms with Crippen LogP contribution in [0.1, 0.15) is 12.6 Å². The number of carboxylic acid groups (broad SMARTS) is 1. The van der Waals surface area contributed by atoms with Crippen LogP contribution in [-0.2, 0) is 11.2 Å². The van der Waals surface area contributed by atoms with Crippen molar-refractivity contribution in [3.8, 4) is 0 Å². The molecule has 1 heterocycles. The van der Waals surface area contributed by atoms with Crippen molar-refractivity contribution in [3.05, 3.63) is 36.9 Å². The summed E-state index contributed by atoms with van der Waals surface area (Å²) in [7, 11) is 0. The number of rotatable bonds is 2. The number of aromatic nitrogens is 2. The minimum absolute atomic E-state index is 0. The number of carbonyl (C=O) groups excluding carboxylic acids is 1. The van der Waals surface area contributed by atoms with Gasteiger partial charge in [-0.15, -0.1) is 0 Å². The summed E-state index contributed by atoms with van der Waals surface area (Å²) in [6.07, 6.45) is 6.85. The van der Waals surface area contributed by atoms with Crippen molar-refractivity contribution in [1.82, 2.24) is 9.97 Å². The van der Waals surface area contributed by atoms with E-state index in [-0.39, 0.29) is 51.4 Å². The fraction of sp³-hybridized carbons (Fsp3) is 0.222. The number of hydrogen-bond acceptors (Lipinski definition) is 4. The summed E-state index contributed by atoms with van der Waals surface area (Å²) >= 11 is 0. The first kappa shape index (κ1) is 16.4. The van der Waals surface area contributed by atoms with Crippen molar-refractivity contribution in [2.24, 2.45) is 0 Å². The van der Waals surface area contributed by atoms with E-state index in [2.05, 4.69) is 23.5 Å². The molecule has 1 aromatic rings. The van der Waals surface area contributed by atoms with E-state index >= 15 is 0 Å². The molecule has 1 rings (SSSR count). The molecule has 4 nitrogen and oxygen atoms in total. The molecule has 5 heteroatoms. The van der Waals surface area contributed by atoms with Crippen LogP contribution in [0.4, 0.5) is 0 Å². The van der Waals surface area contributed by atoms with Gasteiger partial charge in [-0.25, -0.2) is 0 Å². The van der Waals surface area contributed by atoms with Crippen LogP contribution in [0, 0.1) is 0 Å². The number of aryl methyl sites for hydroxylation is 1. The first-order chi connectivity index (χ1) is 6.20. The molecular weight excluding hydrogens is 207 g/mol. The van der Waals surface area contributed by atoms with E-state index in [1.165, 1.54) is 0 Å². The molecule has 0 aliphatic heterocycles. The van der Waals surface area contributed by atoms with Crippen molar-refractivity contribution >= 4 is 5.97 Å². The van der Waals surface area contributed by atoms with E-state index in [1.807, 2.05) is 0 Å². The number of carboxylic acids is 1. The van der Waals surface area contributed by atoms with Crippen LogP contribution in [0.2, 0.25) is 0 Å². The summed E-state index contributed by atoms with van der Waals surface area (Å²) in [5.41, 5.74) is 1.05. The Hall–Kier alpha value is -0.0736. The van der Waals surface area contributed by atoms with Gasteiger partial charge in [-0.05, 0) is 12.5 Å². The van der Waals surface area contributed by atoms with Gasteiger partial charge in [-0.3, -0.25) is 9.97 Å². The van der Waals surface area contributed by atoms with Crippen LogP contribution in [0.15, 0.2) is 31.2 Å². The summed E-state index contributed by atoms with van der Waals surface area (Å²) < 4.78 is 0. The Bertz CT molecular complexity index is 265. The smallest absolute Gasteiger partial charge is 0.545 e. The fourth-order valence-corrected chi connectivity index (χ4v) is 0.513. The Morgan fingerprint density at radius 3 is 2.43 bits per heavy atom. The zero-order valence-electron chi connectivity index (χ0n) is 8.43. The standard InChI is InChI=1S/C6H8N2.C3H4O2.K/c1-2-6-5-7-3-4-8-6;1-2-3(4)5;/h3-5H,2H2,1H3;2H,1H2,(H,4,5);/q;;+1/p-1. The van der Waals surface area contributed by atoms with Gasteiger partial charge in [0.2, 0.25) is 0 Å². The zero-order chi connectivity index (χ0) is 10.1. The van der Waals surface area contributed by atoms with E-state index in [0.29, 0.717) is 0 Å². The topological polar surface area (TPSA) is 65.9 Å².